The largest absolute Gasteiger partial charge is 0.0628 e. The predicted octanol–water partition coefficient (Wildman–Crippen LogP) is 16.7. The van der Waals surface area contributed by atoms with Gasteiger partial charge in [0, 0.05) is 0 Å². The van der Waals surface area contributed by atoms with Crippen molar-refractivity contribution in [2.45, 2.75) is 216 Å². The molecule has 0 bridgehead atoms. The molecule has 0 aliphatic heterocycles. The van der Waals surface area contributed by atoms with Crippen LogP contribution in [-0.2, 0) is 0 Å². The first-order valence-electron chi connectivity index (χ1n) is 20.6. The van der Waals surface area contributed by atoms with Crippen LogP contribution in [0.25, 0.3) is 0 Å². The lowest BCUT2D eigenvalue weighted by Gasteiger charge is -2.20. The van der Waals surface area contributed by atoms with Gasteiger partial charge in [0.15, 0.2) is 0 Å². The first-order chi connectivity index (χ1) is 20.6. The Balaban J connectivity index is -0.000000249. The fourth-order valence-corrected chi connectivity index (χ4v) is 4.74. The fraction of sp³-hybridized carbons (Fsp3) is 1.00. The Bertz CT molecular complexity index is 477. The van der Waals surface area contributed by atoms with Crippen LogP contribution in [0.3, 0.4) is 0 Å². The molecular formula is C45H98. The third-order valence-electron chi connectivity index (χ3n) is 11.1. The van der Waals surface area contributed by atoms with Gasteiger partial charge in [0.2, 0.25) is 0 Å². The van der Waals surface area contributed by atoms with Gasteiger partial charge in [0.05, 0.1) is 0 Å². The van der Waals surface area contributed by atoms with E-state index in [1.807, 2.05) is 0 Å². The molecule has 0 aliphatic rings. The average molecular weight is 639 g/mol. The van der Waals surface area contributed by atoms with Crippen molar-refractivity contribution in [3.05, 3.63) is 0 Å². The molecule has 0 fully saturated rings. The molecule has 0 aromatic rings. The second-order valence-electron chi connectivity index (χ2n) is 18.7. The van der Waals surface area contributed by atoms with E-state index in [-0.39, 0.29) is 0 Å². The lowest BCUT2D eigenvalue weighted by Crippen LogP contribution is -2.09. The van der Waals surface area contributed by atoms with E-state index < -0.39 is 0 Å². The van der Waals surface area contributed by atoms with Gasteiger partial charge in [-0.3, -0.25) is 0 Å². The predicted molar refractivity (Wildman–Crippen MR) is 215 cm³/mol. The zero-order chi connectivity index (χ0) is 36.3. The smallest absolute Gasteiger partial charge is 0.0420 e. The zero-order valence-corrected chi connectivity index (χ0v) is 36.3. The minimum Gasteiger partial charge on any atom is -0.0628 e. The third-order valence-corrected chi connectivity index (χ3v) is 11.1. The van der Waals surface area contributed by atoms with E-state index in [0.717, 1.165) is 76.9 Å². The summed E-state index contributed by atoms with van der Waals surface area (Å²) in [6, 6.07) is 0. The number of hydrogen-bond donors (Lipinski definition) is 0. The lowest BCUT2D eigenvalue weighted by molar-refractivity contribution is 0.312. The molecule has 0 radical (unpaired) electrons. The molecule has 0 aromatic carbocycles. The van der Waals surface area contributed by atoms with Crippen molar-refractivity contribution < 1.29 is 0 Å². The van der Waals surface area contributed by atoms with Gasteiger partial charge in [0.1, 0.15) is 0 Å². The second kappa shape index (κ2) is 32.5. The van der Waals surface area contributed by atoms with E-state index in [1.165, 1.54) is 70.6 Å². The van der Waals surface area contributed by atoms with Crippen LogP contribution in [0.15, 0.2) is 0 Å². The van der Waals surface area contributed by atoms with Gasteiger partial charge in [0.25, 0.3) is 0 Å². The summed E-state index contributed by atoms with van der Waals surface area (Å²) >= 11 is 0. The first kappa shape index (κ1) is 51.8. The zero-order valence-electron chi connectivity index (χ0n) is 36.3. The molecule has 5 atom stereocenters. The molecule has 0 aromatic heterocycles. The molecule has 0 unspecified atom stereocenters. The molecule has 0 saturated heterocycles. The molecule has 278 valence electrons. The standard InChI is InChI=1S/C12H26.3C11H24/c1-9(2)11(5)7-8-12(6)10(3)4;3*1-9(2)7-6-8-11(5)10(3)4/h9-12H,7-8H2,1-6H3;3*9-11H,6-8H2,1-5H3/t11-,12-;3*11-/m1111/s1. The van der Waals surface area contributed by atoms with Crippen molar-refractivity contribution in [3.63, 3.8) is 0 Å². The van der Waals surface area contributed by atoms with E-state index in [2.05, 4.69) is 145 Å². The monoisotopic (exact) mass is 639 g/mol. The lowest BCUT2D eigenvalue weighted by atomic mass is 9.86. The van der Waals surface area contributed by atoms with Crippen molar-refractivity contribution in [1.82, 2.24) is 0 Å². The van der Waals surface area contributed by atoms with E-state index in [4.69, 9.17) is 0 Å². The summed E-state index contributed by atoms with van der Waals surface area (Å²) in [6.45, 7) is 48.9. The van der Waals surface area contributed by atoms with Gasteiger partial charge in [-0.05, 0) is 76.9 Å². The Kier molecular flexibility index (Phi) is 37.5. The molecule has 0 heteroatoms. The number of rotatable bonds is 20. The Labute approximate surface area is 292 Å². The fourth-order valence-electron chi connectivity index (χ4n) is 4.74. The molecule has 0 N–H and O–H groups in total. The summed E-state index contributed by atoms with van der Waals surface area (Å²) in [5, 5.41) is 0. The van der Waals surface area contributed by atoms with E-state index in [0.29, 0.717) is 0 Å². The topological polar surface area (TPSA) is 0 Å². The Morgan fingerprint density at radius 1 is 0.200 bits per heavy atom. The summed E-state index contributed by atoms with van der Waals surface area (Å²) < 4.78 is 0. The van der Waals surface area contributed by atoms with Crippen LogP contribution in [-0.4, -0.2) is 0 Å². The maximum absolute atomic E-state index is 2.37. The van der Waals surface area contributed by atoms with Crippen LogP contribution >= 0.6 is 0 Å². The Hall–Kier alpha value is 0. The molecule has 0 aliphatic carbocycles. The van der Waals surface area contributed by atoms with Gasteiger partial charge in [-0.25, -0.2) is 0 Å². The normalized spacial score (nSPS) is 15.1. The molecule has 0 nitrogen and oxygen atoms in total. The van der Waals surface area contributed by atoms with E-state index >= 15 is 0 Å². The van der Waals surface area contributed by atoms with Gasteiger partial charge in [-0.15, -0.1) is 0 Å². The summed E-state index contributed by atoms with van der Waals surface area (Å²) in [6.07, 6.45) is 15.5. The van der Waals surface area contributed by atoms with Crippen LogP contribution in [0, 0.1) is 76.9 Å². The second-order valence-corrected chi connectivity index (χ2v) is 18.7. The van der Waals surface area contributed by atoms with Crippen molar-refractivity contribution in [3.8, 4) is 0 Å². The summed E-state index contributed by atoms with van der Waals surface area (Å²) in [5.74, 6) is 11.5. The third kappa shape index (κ3) is 42.0. The van der Waals surface area contributed by atoms with Crippen molar-refractivity contribution in [2.24, 2.45) is 76.9 Å². The van der Waals surface area contributed by atoms with Crippen LogP contribution in [0.1, 0.15) is 216 Å². The molecule has 0 amide bonds. The average Bonchev–Trinajstić information content (AvgIpc) is 2.91. The molecule has 0 heterocycles. The molecule has 0 rings (SSSR count). The minimum absolute atomic E-state index is 0.851. The van der Waals surface area contributed by atoms with Gasteiger partial charge >= 0.3 is 0 Å². The van der Waals surface area contributed by atoms with Crippen molar-refractivity contribution >= 4 is 0 Å². The highest BCUT2D eigenvalue weighted by Crippen LogP contribution is 2.23. The SMILES string of the molecule is CC(C)CCC[C@@H](C)C(C)C.CC(C)CCC[C@@H](C)C(C)C.CC(C)CCC[C@@H](C)C(C)C.CC(C)[C@H](C)CC[C@@H](C)C(C)C. The summed E-state index contributed by atoms with van der Waals surface area (Å²) in [7, 11) is 0. The summed E-state index contributed by atoms with van der Waals surface area (Å²) in [4.78, 5) is 0. The quantitative estimate of drug-likeness (QED) is 0.124. The molecule has 45 heavy (non-hydrogen) atoms. The Morgan fingerprint density at radius 3 is 0.489 bits per heavy atom. The van der Waals surface area contributed by atoms with Gasteiger partial charge in [-0.2, -0.15) is 0 Å². The van der Waals surface area contributed by atoms with Crippen LogP contribution in [0.2, 0.25) is 0 Å². The van der Waals surface area contributed by atoms with Crippen LogP contribution in [0.4, 0.5) is 0 Å². The van der Waals surface area contributed by atoms with Gasteiger partial charge in [-0.1, -0.05) is 216 Å². The van der Waals surface area contributed by atoms with Gasteiger partial charge < -0.3 is 0 Å². The maximum atomic E-state index is 2.37. The van der Waals surface area contributed by atoms with E-state index in [1.54, 1.807) is 0 Å². The molecule has 0 saturated carbocycles. The molecule has 0 spiro atoms. The minimum atomic E-state index is 0.851. The van der Waals surface area contributed by atoms with E-state index in [9.17, 15) is 0 Å². The first-order valence-corrected chi connectivity index (χ1v) is 20.6. The summed E-state index contributed by atoms with van der Waals surface area (Å²) in [5.41, 5.74) is 0. The van der Waals surface area contributed by atoms with Crippen LogP contribution in [0.5, 0.6) is 0 Å². The highest BCUT2D eigenvalue weighted by molar-refractivity contribution is 4.63. The Morgan fingerprint density at radius 2 is 0.356 bits per heavy atom. The maximum Gasteiger partial charge on any atom is -0.0420 e. The molecular weight excluding hydrogens is 540 g/mol. The van der Waals surface area contributed by atoms with Crippen molar-refractivity contribution in [1.29, 1.82) is 0 Å². The van der Waals surface area contributed by atoms with Crippen LogP contribution < -0.4 is 0 Å². The number of hydrogen-bond acceptors (Lipinski definition) is 0. The highest BCUT2D eigenvalue weighted by Gasteiger charge is 2.12. The van der Waals surface area contributed by atoms with Crippen molar-refractivity contribution in [2.75, 3.05) is 0 Å². The highest BCUT2D eigenvalue weighted by atomic mass is 14.2.